The minimum Gasteiger partial charge on any atom is -0.294 e. The molecule has 0 fully saturated rings. The van der Waals surface area contributed by atoms with Crippen LogP contribution in [-0.4, -0.2) is 15.6 Å². The topological polar surface area (TPSA) is 34.9 Å². The Hall–Kier alpha value is -1.90. The SMILES string of the molecule is CCc1cc(CC)n(CCC(=O)c2ccccc2)n1. The average molecular weight is 256 g/mol. The first kappa shape index (κ1) is 13.5. The van der Waals surface area contributed by atoms with Crippen LogP contribution in [0.15, 0.2) is 36.4 Å². The second kappa shape index (κ2) is 6.32. The number of nitrogens with zero attached hydrogens (tertiary/aromatic N) is 2. The molecule has 0 radical (unpaired) electrons. The molecular weight excluding hydrogens is 236 g/mol. The lowest BCUT2D eigenvalue weighted by molar-refractivity contribution is 0.0975. The monoisotopic (exact) mass is 256 g/mol. The summed E-state index contributed by atoms with van der Waals surface area (Å²) in [7, 11) is 0. The van der Waals surface area contributed by atoms with Crippen LogP contribution < -0.4 is 0 Å². The van der Waals surface area contributed by atoms with Gasteiger partial charge in [0.15, 0.2) is 5.78 Å². The molecule has 0 saturated carbocycles. The molecule has 1 aromatic carbocycles. The van der Waals surface area contributed by atoms with Crippen LogP contribution in [0, 0.1) is 0 Å². The molecule has 0 bridgehead atoms. The van der Waals surface area contributed by atoms with Crippen LogP contribution in [0.25, 0.3) is 0 Å². The van der Waals surface area contributed by atoms with Gasteiger partial charge < -0.3 is 0 Å². The summed E-state index contributed by atoms with van der Waals surface area (Å²) in [6, 6.07) is 11.6. The second-order valence-corrected chi connectivity index (χ2v) is 4.60. The molecule has 0 amide bonds. The number of Topliss-reactive ketones (excluding diaryl/α,β-unsaturated/α-hetero) is 1. The third kappa shape index (κ3) is 3.31. The fourth-order valence-electron chi connectivity index (χ4n) is 2.14. The zero-order chi connectivity index (χ0) is 13.7. The van der Waals surface area contributed by atoms with E-state index < -0.39 is 0 Å². The highest BCUT2D eigenvalue weighted by Gasteiger charge is 2.09. The maximum atomic E-state index is 12.1. The van der Waals surface area contributed by atoms with E-state index in [1.165, 1.54) is 5.69 Å². The van der Waals surface area contributed by atoms with Gasteiger partial charge in [-0.15, -0.1) is 0 Å². The van der Waals surface area contributed by atoms with Crippen molar-refractivity contribution in [3.63, 3.8) is 0 Å². The van der Waals surface area contributed by atoms with Crippen molar-refractivity contribution >= 4 is 5.78 Å². The molecule has 0 unspecified atom stereocenters. The Bertz CT molecular complexity index is 543. The highest BCUT2D eigenvalue weighted by molar-refractivity contribution is 5.95. The van der Waals surface area contributed by atoms with Crippen molar-refractivity contribution in [1.82, 2.24) is 9.78 Å². The summed E-state index contributed by atoms with van der Waals surface area (Å²) in [5, 5.41) is 4.53. The Morgan fingerprint density at radius 1 is 1.16 bits per heavy atom. The molecule has 3 nitrogen and oxygen atoms in total. The van der Waals surface area contributed by atoms with Crippen LogP contribution in [-0.2, 0) is 19.4 Å². The van der Waals surface area contributed by atoms with E-state index in [4.69, 9.17) is 0 Å². The molecule has 19 heavy (non-hydrogen) atoms. The summed E-state index contributed by atoms with van der Waals surface area (Å²) >= 11 is 0. The summed E-state index contributed by atoms with van der Waals surface area (Å²) in [6.07, 6.45) is 2.39. The van der Waals surface area contributed by atoms with E-state index in [-0.39, 0.29) is 5.78 Å². The minimum atomic E-state index is 0.177. The zero-order valence-corrected chi connectivity index (χ0v) is 11.6. The highest BCUT2D eigenvalue weighted by Crippen LogP contribution is 2.09. The molecule has 2 rings (SSSR count). The largest absolute Gasteiger partial charge is 0.294 e. The van der Waals surface area contributed by atoms with Crippen molar-refractivity contribution in [2.45, 2.75) is 39.7 Å². The van der Waals surface area contributed by atoms with Gasteiger partial charge in [-0.3, -0.25) is 9.48 Å². The molecule has 0 aliphatic heterocycles. The van der Waals surface area contributed by atoms with Crippen molar-refractivity contribution in [3.05, 3.63) is 53.3 Å². The van der Waals surface area contributed by atoms with Crippen LogP contribution >= 0.6 is 0 Å². The van der Waals surface area contributed by atoms with E-state index in [1.807, 2.05) is 35.0 Å². The molecule has 0 saturated heterocycles. The van der Waals surface area contributed by atoms with Gasteiger partial charge in [0.2, 0.25) is 0 Å². The molecule has 1 heterocycles. The molecule has 3 heteroatoms. The van der Waals surface area contributed by atoms with Gasteiger partial charge in [-0.05, 0) is 18.9 Å². The summed E-state index contributed by atoms with van der Waals surface area (Å²) < 4.78 is 1.97. The molecule has 2 aromatic rings. The summed E-state index contributed by atoms with van der Waals surface area (Å²) in [4.78, 5) is 12.1. The van der Waals surface area contributed by atoms with Crippen LogP contribution in [0.2, 0.25) is 0 Å². The lowest BCUT2D eigenvalue weighted by atomic mass is 10.1. The molecule has 0 aliphatic carbocycles. The van der Waals surface area contributed by atoms with Crippen molar-refractivity contribution in [3.8, 4) is 0 Å². The van der Waals surface area contributed by atoms with Gasteiger partial charge in [-0.25, -0.2) is 0 Å². The number of hydrogen-bond acceptors (Lipinski definition) is 2. The Labute approximate surface area is 114 Å². The van der Waals surface area contributed by atoms with Gasteiger partial charge in [0.25, 0.3) is 0 Å². The number of carbonyl (C=O) groups excluding carboxylic acids is 1. The van der Waals surface area contributed by atoms with E-state index in [2.05, 4.69) is 25.0 Å². The molecular formula is C16H20N2O. The molecule has 0 atom stereocenters. The standard InChI is InChI=1S/C16H20N2O/c1-3-14-12-15(4-2)18(17-14)11-10-16(19)13-8-6-5-7-9-13/h5-9,12H,3-4,10-11H2,1-2H3. The van der Waals surface area contributed by atoms with Crippen molar-refractivity contribution in [2.75, 3.05) is 0 Å². The quantitative estimate of drug-likeness (QED) is 0.743. The smallest absolute Gasteiger partial charge is 0.164 e. The van der Waals surface area contributed by atoms with E-state index in [0.29, 0.717) is 13.0 Å². The van der Waals surface area contributed by atoms with E-state index in [9.17, 15) is 4.79 Å². The average Bonchev–Trinajstić information content (AvgIpc) is 2.88. The summed E-state index contributed by atoms with van der Waals surface area (Å²) in [5.74, 6) is 0.177. The Kier molecular flexibility index (Phi) is 4.50. The lowest BCUT2D eigenvalue weighted by Crippen LogP contribution is -2.09. The Morgan fingerprint density at radius 3 is 2.53 bits per heavy atom. The maximum Gasteiger partial charge on any atom is 0.164 e. The second-order valence-electron chi connectivity index (χ2n) is 4.60. The van der Waals surface area contributed by atoms with Crippen LogP contribution in [0.5, 0.6) is 0 Å². The van der Waals surface area contributed by atoms with E-state index >= 15 is 0 Å². The number of benzene rings is 1. The third-order valence-electron chi connectivity index (χ3n) is 3.28. The molecule has 100 valence electrons. The normalized spacial score (nSPS) is 10.6. The fraction of sp³-hybridized carbons (Fsp3) is 0.375. The first-order chi connectivity index (χ1) is 9.24. The van der Waals surface area contributed by atoms with E-state index in [0.717, 1.165) is 24.1 Å². The molecule has 0 N–H and O–H groups in total. The van der Waals surface area contributed by atoms with Gasteiger partial charge in [-0.1, -0.05) is 44.2 Å². The van der Waals surface area contributed by atoms with Gasteiger partial charge in [0.1, 0.15) is 0 Å². The molecule has 1 aromatic heterocycles. The van der Waals surface area contributed by atoms with Gasteiger partial charge in [0.05, 0.1) is 5.69 Å². The molecule has 0 spiro atoms. The summed E-state index contributed by atoms with van der Waals surface area (Å²) in [6.45, 7) is 4.88. The van der Waals surface area contributed by atoms with Crippen molar-refractivity contribution in [2.24, 2.45) is 0 Å². The number of aryl methyl sites for hydroxylation is 3. The number of rotatable bonds is 6. The number of aromatic nitrogens is 2. The zero-order valence-electron chi connectivity index (χ0n) is 11.6. The van der Waals surface area contributed by atoms with Gasteiger partial charge in [-0.2, -0.15) is 5.10 Å². The van der Waals surface area contributed by atoms with Crippen LogP contribution in [0.1, 0.15) is 42.0 Å². The minimum absolute atomic E-state index is 0.177. The number of hydrogen-bond donors (Lipinski definition) is 0. The van der Waals surface area contributed by atoms with Crippen molar-refractivity contribution < 1.29 is 4.79 Å². The predicted octanol–water partition coefficient (Wildman–Crippen LogP) is 3.28. The van der Waals surface area contributed by atoms with Crippen molar-refractivity contribution in [1.29, 1.82) is 0 Å². The predicted molar refractivity (Wildman–Crippen MR) is 76.4 cm³/mol. The Balaban J connectivity index is 2.02. The first-order valence-electron chi connectivity index (χ1n) is 6.88. The summed E-state index contributed by atoms with van der Waals surface area (Å²) in [5.41, 5.74) is 3.09. The number of ketones is 1. The first-order valence-corrected chi connectivity index (χ1v) is 6.88. The third-order valence-corrected chi connectivity index (χ3v) is 3.28. The highest BCUT2D eigenvalue weighted by atomic mass is 16.1. The lowest BCUT2D eigenvalue weighted by Gasteiger charge is -2.05. The number of carbonyl (C=O) groups is 1. The van der Waals surface area contributed by atoms with Gasteiger partial charge >= 0.3 is 0 Å². The maximum absolute atomic E-state index is 12.1. The Morgan fingerprint density at radius 2 is 1.89 bits per heavy atom. The van der Waals surface area contributed by atoms with Crippen LogP contribution in [0.3, 0.4) is 0 Å². The van der Waals surface area contributed by atoms with E-state index in [1.54, 1.807) is 0 Å². The van der Waals surface area contributed by atoms with Gasteiger partial charge in [0, 0.05) is 24.2 Å². The van der Waals surface area contributed by atoms with Crippen LogP contribution in [0.4, 0.5) is 0 Å². The fourth-order valence-corrected chi connectivity index (χ4v) is 2.14. The molecule has 0 aliphatic rings.